The number of hydrogen-bond donors (Lipinski definition) is 1. The molecule has 0 aliphatic carbocycles. The van der Waals surface area contributed by atoms with Gasteiger partial charge in [-0.1, -0.05) is 52.5 Å². The van der Waals surface area contributed by atoms with Crippen molar-refractivity contribution in [3.8, 4) is 0 Å². The Bertz CT molecular complexity index is 1070. The lowest BCUT2D eigenvalue weighted by Crippen LogP contribution is -2.14. The van der Waals surface area contributed by atoms with E-state index in [4.69, 9.17) is 46.4 Å². The Labute approximate surface area is 170 Å². The van der Waals surface area contributed by atoms with Crippen molar-refractivity contribution in [2.75, 3.05) is 4.72 Å². The van der Waals surface area contributed by atoms with Gasteiger partial charge in [0.2, 0.25) is 0 Å². The Kier molecular flexibility index (Phi) is 5.69. The zero-order valence-corrected chi connectivity index (χ0v) is 16.8. The van der Waals surface area contributed by atoms with Gasteiger partial charge in [-0.3, -0.25) is 9.40 Å². The molecule has 0 aliphatic heterocycles. The summed E-state index contributed by atoms with van der Waals surface area (Å²) < 4.78 is 28.9. The molecule has 1 aromatic heterocycles. The summed E-state index contributed by atoms with van der Waals surface area (Å²) in [7, 11) is -3.93. The quantitative estimate of drug-likeness (QED) is 0.570. The van der Waals surface area contributed by atoms with Crippen LogP contribution in [-0.2, 0) is 16.6 Å². The molecule has 5 nitrogen and oxygen atoms in total. The zero-order valence-electron chi connectivity index (χ0n) is 13.0. The Morgan fingerprint density at radius 2 is 1.62 bits per heavy atom. The van der Waals surface area contributed by atoms with Crippen LogP contribution in [0.3, 0.4) is 0 Å². The summed E-state index contributed by atoms with van der Waals surface area (Å²) >= 11 is 23.8. The fourth-order valence-electron chi connectivity index (χ4n) is 2.20. The molecule has 1 N–H and O–H groups in total. The van der Waals surface area contributed by atoms with E-state index in [2.05, 4.69) is 9.82 Å². The largest absolute Gasteiger partial charge is 0.266 e. The molecule has 10 heteroatoms. The third-order valence-corrected chi connectivity index (χ3v) is 6.07. The highest BCUT2D eigenvalue weighted by molar-refractivity contribution is 7.92. The molecule has 3 rings (SSSR count). The Balaban J connectivity index is 1.80. The van der Waals surface area contributed by atoms with E-state index in [1.807, 2.05) is 0 Å². The van der Waals surface area contributed by atoms with Gasteiger partial charge in [-0.25, -0.2) is 8.42 Å². The van der Waals surface area contributed by atoms with Crippen molar-refractivity contribution in [1.82, 2.24) is 9.78 Å². The first-order valence-electron chi connectivity index (χ1n) is 7.20. The number of rotatable bonds is 5. The first-order valence-corrected chi connectivity index (χ1v) is 10.2. The number of aromatic nitrogens is 2. The molecule has 0 unspecified atom stereocenters. The molecule has 0 bridgehead atoms. The van der Waals surface area contributed by atoms with E-state index in [0.717, 1.165) is 5.56 Å². The number of hydrogen-bond acceptors (Lipinski definition) is 3. The normalized spacial score (nSPS) is 11.5. The van der Waals surface area contributed by atoms with E-state index in [1.54, 1.807) is 29.1 Å². The molecule has 0 saturated heterocycles. The number of halogens is 4. The highest BCUT2D eigenvalue weighted by Crippen LogP contribution is 2.27. The standard InChI is InChI=1S/C16H11Cl4N3O2S/c17-11-2-1-10(14(20)7-11)9-23-6-5-16(21-23)22-26(24,25)15-8-12(18)3-4-13(15)19/h1-8H,9H2,(H,21,22). The Morgan fingerprint density at radius 1 is 0.923 bits per heavy atom. The van der Waals surface area contributed by atoms with Crippen molar-refractivity contribution in [3.05, 3.63) is 74.3 Å². The molecular weight excluding hydrogens is 440 g/mol. The topological polar surface area (TPSA) is 64.0 Å². The molecule has 0 atom stereocenters. The lowest BCUT2D eigenvalue weighted by molar-refractivity contribution is 0.600. The minimum absolute atomic E-state index is 0.0641. The van der Waals surface area contributed by atoms with Crippen LogP contribution in [0.2, 0.25) is 20.1 Å². The maximum atomic E-state index is 12.5. The summed E-state index contributed by atoms with van der Waals surface area (Å²) in [5.41, 5.74) is 0.798. The fraction of sp³-hybridized carbons (Fsp3) is 0.0625. The molecule has 3 aromatic rings. The van der Waals surface area contributed by atoms with Gasteiger partial charge in [0.05, 0.1) is 11.6 Å². The summed E-state index contributed by atoms with van der Waals surface area (Å²) in [6, 6.07) is 10.9. The first kappa shape index (κ1) is 19.3. The van der Waals surface area contributed by atoms with E-state index >= 15 is 0 Å². The van der Waals surface area contributed by atoms with Gasteiger partial charge in [0, 0.05) is 27.3 Å². The van der Waals surface area contributed by atoms with Crippen LogP contribution >= 0.6 is 46.4 Å². The number of nitrogens with zero attached hydrogens (tertiary/aromatic N) is 2. The van der Waals surface area contributed by atoms with Crippen LogP contribution in [0.1, 0.15) is 5.56 Å². The molecule has 2 aromatic carbocycles. The van der Waals surface area contributed by atoms with Crippen LogP contribution in [0.5, 0.6) is 0 Å². The molecule has 0 saturated carbocycles. The molecule has 1 heterocycles. The third-order valence-electron chi connectivity index (χ3n) is 3.41. The van der Waals surface area contributed by atoms with Crippen LogP contribution in [0.4, 0.5) is 5.82 Å². The highest BCUT2D eigenvalue weighted by atomic mass is 35.5. The third kappa shape index (κ3) is 4.45. The number of anilines is 1. The van der Waals surface area contributed by atoms with Crippen LogP contribution in [0.25, 0.3) is 0 Å². The van der Waals surface area contributed by atoms with E-state index in [1.165, 1.54) is 24.3 Å². The van der Waals surface area contributed by atoms with Gasteiger partial charge in [-0.05, 0) is 35.9 Å². The van der Waals surface area contributed by atoms with Crippen LogP contribution < -0.4 is 4.72 Å². The van der Waals surface area contributed by atoms with Gasteiger partial charge >= 0.3 is 0 Å². The zero-order chi connectivity index (χ0) is 18.9. The van der Waals surface area contributed by atoms with Gasteiger partial charge in [-0.15, -0.1) is 0 Å². The molecule has 0 amide bonds. The molecule has 0 radical (unpaired) electrons. The Morgan fingerprint density at radius 3 is 2.35 bits per heavy atom. The minimum atomic E-state index is -3.93. The lowest BCUT2D eigenvalue weighted by Gasteiger charge is -2.08. The van der Waals surface area contributed by atoms with Gasteiger partial charge in [-0.2, -0.15) is 5.10 Å². The monoisotopic (exact) mass is 449 g/mol. The van der Waals surface area contributed by atoms with Crippen molar-refractivity contribution >= 4 is 62.2 Å². The van der Waals surface area contributed by atoms with E-state index in [9.17, 15) is 8.42 Å². The molecule has 136 valence electrons. The summed E-state index contributed by atoms with van der Waals surface area (Å²) in [4.78, 5) is -0.123. The predicted octanol–water partition coefficient (Wildman–Crippen LogP) is 5.35. The number of nitrogens with one attached hydrogen (secondary N) is 1. The SMILES string of the molecule is O=S(=O)(Nc1ccn(Cc2ccc(Cl)cc2Cl)n1)c1cc(Cl)ccc1Cl. The highest BCUT2D eigenvalue weighted by Gasteiger charge is 2.19. The fourth-order valence-corrected chi connectivity index (χ4v) is 4.43. The van der Waals surface area contributed by atoms with Crippen molar-refractivity contribution in [2.45, 2.75) is 11.4 Å². The second-order valence-corrected chi connectivity index (χ2v) is 8.65. The summed E-state index contributed by atoms with van der Waals surface area (Å²) in [5, 5.41) is 5.55. The van der Waals surface area contributed by atoms with Crippen molar-refractivity contribution in [1.29, 1.82) is 0 Å². The van der Waals surface area contributed by atoms with E-state index in [0.29, 0.717) is 16.6 Å². The van der Waals surface area contributed by atoms with Crippen molar-refractivity contribution in [3.63, 3.8) is 0 Å². The van der Waals surface area contributed by atoms with Crippen LogP contribution in [0.15, 0.2) is 53.6 Å². The second kappa shape index (κ2) is 7.66. The van der Waals surface area contributed by atoms with E-state index < -0.39 is 10.0 Å². The molecule has 0 fully saturated rings. The number of sulfonamides is 1. The van der Waals surface area contributed by atoms with E-state index in [-0.39, 0.29) is 20.8 Å². The van der Waals surface area contributed by atoms with Crippen LogP contribution in [-0.4, -0.2) is 18.2 Å². The Hall–Kier alpha value is -1.44. The molecule has 0 aliphatic rings. The molecular formula is C16H11Cl4N3O2S. The average molecular weight is 451 g/mol. The molecule has 0 spiro atoms. The summed E-state index contributed by atoms with van der Waals surface area (Å²) in [6.45, 7) is 0.357. The first-order chi connectivity index (χ1) is 12.2. The number of benzene rings is 2. The summed E-state index contributed by atoms with van der Waals surface area (Å²) in [5.74, 6) is 0.145. The van der Waals surface area contributed by atoms with Crippen LogP contribution in [0, 0.1) is 0 Å². The van der Waals surface area contributed by atoms with Gasteiger partial charge < -0.3 is 0 Å². The average Bonchev–Trinajstić information content (AvgIpc) is 2.98. The van der Waals surface area contributed by atoms with Gasteiger partial charge in [0.1, 0.15) is 4.90 Å². The van der Waals surface area contributed by atoms with Crippen molar-refractivity contribution < 1.29 is 8.42 Å². The maximum Gasteiger partial charge on any atom is 0.264 e. The smallest absolute Gasteiger partial charge is 0.264 e. The maximum absolute atomic E-state index is 12.5. The minimum Gasteiger partial charge on any atom is -0.266 e. The van der Waals surface area contributed by atoms with Crippen molar-refractivity contribution in [2.24, 2.45) is 0 Å². The predicted molar refractivity (Wildman–Crippen MR) is 105 cm³/mol. The second-order valence-electron chi connectivity index (χ2n) is 5.31. The summed E-state index contributed by atoms with van der Waals surface area (Å²) in [6.07, 6.45) is 1.63. The lowest BCUT2D eigenvalue weighted by atomic mass is 10.2. The molecule has 26 heavy (non-hydrogen) atoms. The van der Waals surface area contributed by atoms with Gasteiger partial charge in [0.25, 0.3) is 10.0 Å². The van der Waals surface area contributed by atoms with Gasteiger partial charge in [0.15, 0.2) is 5.82 Å².